The van der Waals surface area contributed by atoms with E-state index in [9.17, 15) is 14.7 Å². The molecule has 0 aliphatic carbocycles. The molecule has 246 valence electrons. The highest BCUT2D eigenvalue weighted by molar-refractivity contribution is 6.30. The number of fused-ring (bicyclic) bond motifs is 1. The highest BCUT2D eigenvalue weighted by atomic mass is 35.5. The number of rotatable bonds is 13. The van der Waals surface area contributed by atoms with E-state index < -0.39 is 23.8 Å². The molecule has 46 heavy (non-hydrogen) atoms. The summed E-state index contributed by atoms with van der Waals surface area (Å²) in [5.74, 6) is -0.464. The van der Waals surface area contributed by atoms with Crippen molar-refractivity contribution in [3.8, 4) is 17.2 Å². The van der Waals surface area contributed by atoms with Crippen molar-refractivity contribution in [3.05, 3.63) is 81.9 Å². The molecule has 9 nitrogen and oxygen atoms in total. The summed E-state index contributed by atoms with van der Waals surface area (Å²) in [6.45, 7) is 10.1. The summed E-state index contributed by atoms with van der Waals surface area (Å²) in [7, 11) is 0. The normalized spacial score (nSPS) is 19.3. The molecule has 3 atom stereocenters. The highest BCUT2D eigenvalue weighted by Crippen LogP contribution is 2.47. The number of amides is 1. The van der Waals surface area contributed by atoms with Crippen molar-refractivity contribution in [2.24, 2.45) is 5.92 Å². The molecule has 3 aromatic carbocycles. The first-order valence-corrected chi connectivity index (χ1v) is 16.4. The van der Waals surface area contributed by atoms with Gasteiger partial charge in [-0.1, -0.05) is 43.6 Å². The second-order valence-corrected chi connectivity index (χ2v) is 12.4. The number of nitrogens with one attached hydrogen (secondary N) is 1. The predicted molar refractivity (Wildman–Crippen MR) is 177 cm³/mol. The van der Waals surface area contributed by atoms with E-state index in [4.69, 9.17) is 30.5 Å². The van der Waals surface area contributed by atoms with E-state index in [1.165, 1.54) is 0 Å². The zero-order valence-electron chi connectivity index (χ0n) is 26.9. The number of carboxylic acid groups (broad SMARTS) is 1. The van der Waals surface area contributed by atoms with Gasteiger partial charge in [-0.3, -0.25) is 14.5 Å². The van der Waals surface area contributed by atoms with E-state index in [-0.39, 0.29) is 18.6 Å². The van der Waals surface area contributed by atoms with Gasteiger partial charge in [0.1, 0.15) is 25.6 Å². The molecule has 1 saturated heterocycles. The quantitative estimate of drug-likeness (QED) is 0.202. The minimum atomic E-state index is -0.932. The molecule has 2 heterocycles. The lowest BCUT2D eigenvalue weighted by atomic mass is 9.82. The second-order valence-electron chi connectivity index (χ2n) is 11.9. The fraction of sp³-hybridized carbons (Fsp3) is 0.444. The molecular weight excluding hydrogens is 608 g/mol. The average Bonchev–Trinajstić information content (AvgIpc) is 3.42. The Hall–Kier alpha value is -3.79. The zero-order chi connectivity index (χ0) is 32.8. The third-order valence-corrected chi connectivity index (χ3v) is 8.76. The van der Waals surface area contributed by atoms with Crippen LogP contribution in [0.5, 0.6) is 17.2 Å². The summed E-state index contributed by atoms with van der Waals surface area (Å²) in [5, 5.41) is 14.4. The maximum absolute atomic E-state index is 13.7. The maximum Gasteiger partial charge on any atom is 0.309 e. The van der Waals surface area contributed by atoms with Crippen LogP contribution in [0.25, 0.3) is 0 Å². The fourth-order valence-electron chi connectivity index (χ4n) is 6.43. The van der Waals surface area contributed by atoms with Gasteiger partial charge in [-0.2, -0.15) is 0 Å². The topological polar surface area (TPSA) is 107 Å². The fourth-order valence-corrected chi connectivity index (χ4v) is 6.69. The predicted octanol–water partition coefficient (Wildman–Crippen LogP) is 6.52. The summed E-state index contributed by atoms with van der Waals surface area (Å²) in [5.41, 5.74) is 4.32. The number of nitrogens with zero attached hydrogens (tertiary/aromatic N) is 1. The number of aryl methyl sites for hydroxylation is 2. The molecule has 1 amide bonds. The van der Waals surface area contributed by atoms with Gasteiger partial charge in [-0.05, 0) is 85.3 Å². The van der Waals surface area contributed by atoms with E-state index in [0.29, 0.717) is 68.1 Å². The molecule has 2 aliphatic heterocycles. The minimum Gasteiger partial charge on any atom is -0.491 e. The van der Waals surface area contributed by atoms with Crippen molar-refractivity contribution >= 4 is 29.2 Å². The first kappa shape index (κ1) is 33.6. The monoisotopic (exact) mass is 650 g/mol. The Morgan fingerprint density at radius 2 is 1.61 bits per heavy atom. The highest BCUT2D eigenvalue weighted by Gasteiger charge is 2.48. The van der Waals surface area contributed by atoms with E-state index in [1.807, 2.05) is 87.2 Å². The lowest BCUT2D eigenvalue weighted by Gasteiger charge is -2.27. The Morgan fingerprint density at radius 3 is 2.24 bits per heavy atom. The molecule has 1 fully saturated rings. The lowest BCUT2D eigenvalue weighted by molar-refractivity contribution is -0.143. The van der Waals surface area contributed by atoms with Gasteiger partial charge in [0.15, 0.2) is 11.5 Å². The number of anilines is 1. The van der Waals surface area contributed by atoms with Crippen LogP contribution in [0.4, 0.5) is 5.69 Å². The van der Waals surface area contributed by atoms with Crippen LogP contribution in [-0.4, -0.2) is 67.5 Å². The standard InChI is InChI=1S/C36H43ClN2O7/c1-5-23-17-27(37)18-24(6-2)34(23)38-32(40)21-39-20-29(26-9-12-30-31(19-26)46-16-15-45-30)33(36(41)42)35(39)25-7-10-28(11-8-25)44-14-13-43-22(3)4/h7-12,17-19,22,29,33,35H,5-6,13-16,20-21H2,1-4H3,(H,38,40)(H,41,42)/t29-,33?,35+/m1/s1. The van der Waals surface area contributed by atoms with Crippen LogP contribution in [0.1, 0.15) is 61.9 Å². The summed E-state index contributed by atoms with van der Waals surface area (Å²) in [6.07, 6.45) is 1.54. The number of aliphatic carboxylic acids is 1. The number of ether oxygens (including phenoxy) is 4. The molecule has 5 rings (SSSR count). The van der Waals surface area contributed by atoms with Gasteiger partial charge in [0.2, 0.25) is 5.91 Å². The van der Waals surface area contributed by atoms with Gasteiger partial charge in [0, 0.05) is 29.2 Å². The van der Waals surface area contributed by atoms with Crippen LogP contribution in [0, 0.1) is 5.92 Å². The summed E-state index contributed by atoms with van der Waals surface area (Å²) in [6, 6.07) is 16.3. The lowest BCUT2D eigenvalue weighted by Crippen LogP contribution is -2.35. The van der Waals surface area contributed by atoms with E-state index in [1.54, 1.807) is 0 Å². The number of hydrogen-bond acceptors (Lipinski definition) is 7. The minimum absolute atomic E-state index is 0.00915. The zero-order valence-corrected chi connectivity index (χ0v) is 27.6. The summed E-state index contributed by atoms with van der Waals surface area (Å²) in [4.78, 5) is 28.7. The van der Waals surface area contributed by atoms with Gasteiger partial charge in [0.05, 0.1) is 25.2 Å². The number of benzene rings is 3. The number of likely N-dealkylation sites (tertiary alicyclic amines) is 1. The summed E-state index contributed by atoms with van der Waals surface area (Å²) >= 11 is 6.36. The van der Waals surface area contributed by atoms with Crippen LogP contribution in [0.3, 0.4) is 0 Å². The molecule has 0 aromatic heterocycles. The van der Waals surface area contributed by atoms with E-state index in [0.717, 1.165) is 27.9 Å². The molecule has 3 aromatic rings. The van der Waals surface area contributed by atoms with Crippen LogP contribution in [0.2, 0.25) is 5.02 Å². The number of halogens is 1. The Kier molecular flexibility index (Phi) is 11.1. The number of carboxylic acids is 1. The first-order chi connectivity index (χ1) is 22.2. The van der Waals surface area contributed by atoms with E-state index >= 15 is 0 Å². The molecule has 0 bridgehead atoms. The molecule has 2 aliphatic rings. The van der Waals surface area contributed by atoms with Crippen molar-refractivity contribution in [2.75, 3.05) is 44.8 Å². The largest absolute Gasteiger partial charge is 0.491 e. The molecule has 0 spiro atoms. The Balaban J connectivity index is 1.44. The van der Waals surface area contributed by atoms with Gasteiger partial charge in [-0.15, -0.1) is 0 Å². The third-order valence-electron chi connectivity index (χ3n) is 8.54. The Bertz CT molecular complexity index is 1500. The van der Waals surface area contributed by atoms with Crippen LogP contribution in [-0.2, 0) is 27.2 Å². The van der Waals surface area contributed by atoms with Crippen LogP contribution < -0.4 is 19.5 Å². The average molecular weight is 651 g/mol. The van der Waals surface area contributed by atoms with Gasteiger partial charge >= 0.3 is 5.97 Å². The number of carbonyl (C=O) groups excluding carboxylic acids is 1. The molecular formula is C36H43ClN2O7. The van der Waals surface area contributed by atoms with Crippen molar-refractivity contribution < 1.29 is 33.6 Å². The Morgan fingerprint density at radius 1 is 0.957 bits per heavy atom. The van der Waals surface area contributed by atoms with Crippen LogP contribution in [0.15, 0.2) is 54.6 Å². The first-order valence-electron chi connectivity index (χ1n) is 16.0. The third kappa shape index (κ3) is 7.77. The molecule has 2 N–H and O–H groups in total. The smallest absolute Gasteiger partial charge is 0.309 e. The second kappa shape index (κ2) is 15.2. The van der Waals surface area contributed by atoms with Crippen molar-refractivity contribution in [2.45, 2.75) is 58.6 Å². The van der Waals surface area contributed by atoms with Gasteiger partial charge in [-0.25, -0.2) is 0 Å². The molecule has 0 radical (unpaired) electrons. The Labute approximate surface area is 275 Å². The number of carbonyl (C=O) groups is 2. The summed E-state index contributed by atoms with van der Waals surface area (Å²) < 4.78 is 22.9. The van der Waals surface area contributed by atoms with Crippen molar-refractivity contribution in [1.29, 1.82) is 0 Å². The maximum atomic E-state index is 13.7. The van der Waals surface area contributed by atoms with Crippen molar-refractivity contribution in [1.82, 2.24) is 4.90 Å². The molecule has 1 unspecified atom stereocenters. The van der Waals surface area contributed by atoms with Crippen molar-refractivity contribution in [3.63, 3.8) is 0 Å². The number of hydrogen-bond donors (Lipinski definition) is 2. The van der Waals surface area contributed by atoms with Gasteiger partial charge < -0.3 is 29.4 Å². The SMILES string of the molecule is CCc1cc(Cl)cc(CC)c1NC(=O)CN1C[C@H](c2ccc3c(c2)OCCO3)C(C(=O)O)[C@@H]1c1ccc(OCCOC(C)C)cc1. The van der Waals surface area contributed by atoms with Crippen LogP contribution >= 0.6 is 11.6 Å². The molecule has 0 saturated carbocycles. The molecule has 10 heteroatoms. The van der Waals surface area contributed by atoms with E-state index in [2.05, 4.69) is 5.32 Å². The van der Waals surface area contributed by atoms with Gasteiger partial charge in [0.25, 0.3) is 0 Å².